The number of hydrogen-bond donors (Lipinski definition) is 3. The van der Waals surface area contributed by atoms with Crippen molar-refractivity contribution in [3.8, 4) is 5.75 Å². The number of ether oxygens (including phenoxy) is 1. The Bertz CT molecular complexity index is 889. The molecule has 0 radical (unpaired) electrons. The summed E-state index contributed by atoms with van der Waals surface area (Å²) in [5.41, 5.74) is 0.561. The van der Waals surface area contributed by atoms with Gasteiger partial charge in [-0.1, -0.05) is 25.7 Å². The molecule has 3 N–H and O–H groups in total. The van der Waals surface area contributed by atoms with Crippen LogP contribution >= 0.6 is 0 Å². The van der Waals surface area contributed by atoms with Gasteiger partial charge in [-0.05, 0) is 50.9 Å². The highest BCUT2D eigenvalue weighted by molar-refractivity contribution is 5.57. The third kappa shape index (κ3) is 5.76. The number of nitrogens with one attached hydrogen (secondary N) is 3. The van der Waals surface area contributed by atoms with Crippen molar-refractivity contribution in [2.75, 3.05) is 42.8 Å². The van der Waals surface area contributed by atoms with Crippen molar-refractivity contribution in [2.24, 2.45) is 0 Å². The Morgan fingerprint density at radius 3 is 2.44 bits per heavy atom. The molecule has 0 atom stereocenters. The summed E-state index contributed by atoms with van der Waals surface area (Å²) in [5.74, 6) is 1.36. The Labute approximate surface area is 190 Å². The molecule has 2 heterocycles. The van der Waals surface area contributed by atoms with Crippen LogP contribution in [0.15, 0.2) is 18.2 Å². The molecule has 8 nitrogen and oxygen atoms in total. The highest BCUT2D eigenvalue weighted by Gasteiger charge is 2.22. The molecule has 1 aliphatic carbocycles. The maximum absolute atomic E-state index is 14.2. The molecule has 1 saturated carbocycles. The first kappa shape index (κ1) is 22.5. The molecule has 0 spiro atoms. The molecule has 2 aromatic rings. The molecule has 32 heavy (non-hydrogen) atoms. The van der Waals surface area contributed by atoms with Crippen LogP contribution in [0.25, 0.3) is 0 Å². The number of piperidine rings is 1. The lowest BCUT2D eigenvalue weighted by Gasteiger charge is -2.32. The van der Waals surface area contributed by atoms with E-state index in [0.717, 1.165) is 38.8 Å². The van der Waals surface area contributed by atoms with E-state index in [1.807, 2.05) is 7.05 Å². The molecule has 1 saturated heterocycles. The van der Waals surface area contributed by atoms with Crippen molar-refractivity contribution in [3.05, 3.63) is 24.0 Å². The van der Waals surface area contributed by atoms with Crippen LogP contribution in [0, 0.1) is 5.82 Å². The number of halogens is 1. The predicted molar refractivity (Wildman–Crippen MR) is 128 cm³/mol. The maximum atomic E-state index is 14.2. The van der Waals surface area contributed by atoms with Crippen molar-refractivity contribution in [1.82, 2.24) is 20.3 Å². The molecule has 1 aromatic heterocycles. The van der Waals surface area contributed by atoms with Crippen molar-refractivity contribution >= 4 is 23.5 Å². The van der Waals surface area contributed by atoms with E-state index in [9.17, 15) is 4.39 Å². The summed E-state index contributed by atoms with van der Waals surface area (Å²) >= 11 is 0. The van der Waals surface area contributed by atoms with Gasteiger partial charge in [0.05, 0.1) is 7.11 Å². The zero-order valence-corrected chi connectivity index (χ0v) is 19.0. The lowest BCUT2D eigenvalue weighted by molar-refractivity contribution is 0.386. The van der Waals surface area contributed by atoms with Gasteiger partial charge in [0.15, 0.2) is 11.6 Å². The van der Waals surface area contributed by atoms with Gasteiger partial charge in [0.25, 0.3) is 0 Å². The highest BCUT2D eigenvalue weighted by Crippen LogP contribution is 2.26. The zero-order valence-electron chi connectivity index (χ0n) is 19.0. The number of benzene rings is 1. The second-order valence-corrected chi connectivity index (χ2v) is 8.68. The summed E-state index contributed by atoms with van der Waals surface area (Å²) < 4.78 is 19.2. The average molecular weight is 446 g/mol. The minimum absolute atomic E-state index is 0. The van der Waals surface area contributed by atoms with Crippen LogP contribution in [0.5, 0.6) is 5.75 Å². The summed E-state index contributed by atoms with van der Waals surface area (Å²) in [6.07, 6.45) is 9.35. The van der Waals surface area contributed by atoms with Crippen LogP contribution in [-0.4, -0.2) is 54.3 Å². The number of hydrogen-bond acceptors (Lipinski definition) is 8. The summed E-state index contributed by atoms with van der Waals surface area (Å²) in [6.45, 7) is 1.98. The first-order valence-corrected chi connectivity index (χ1v) is 11.7. The zero-order chi connectivity index (χ0) is 22.3. The fourth-order valence-electron chi connectivity index (χ4n) is 4.48. The minimum atomic E-state index is -0.435. The molecular weight excluding hydrogens is 409 g/mol. The van der Waals surface area contributed by atoms with Gasteiger partial charge in [-0.15, -0.1) is 0 Å². The molecule has 0 unspecified atom stereocenters. The van der Waals surface area contributed by atoms with Crippen molar-refractivity contribution in [3.63, 3.8) is 0 Å². The van der Waals surface area contributed by atoms with Crippen LogP contribution < -0.4 is 25.6 Å². The van der Waals surface area contributed by atoms with E-state index in [2.05, 4.69) is 30.8 Å². The van der Waals surface area contributed by atoms with Crippen LogP contribution in [0.1, 0.15) is 52.8 Å². The Morgan fingerprint density at radius 1 is 1.03 bits per heavy atom. The summed E-state index contributed by atoms with van der Waals surface area (Å²) in [5, 5.41) is 10.1. The molecule has 1 aliphatic heterocycles. The van der Waals surface area contributed by atoms with Crippen LogP contribution in [-0.2, 0) is 0 Å². The predicted octanol–water partition coefficient (Wildman–Crippen LogP) is 4.33. The van der Waals surface area contributed by atoms with E-state index in [0.29, 0.717) is 35.6 Å². The third-order valence-electron chi connectivity index (χ3n) is 6.39. The summed E-state index contributed by atoms with van der Waals surface area (Å²) in [6, 6.07) is 5.46. The van der Waals surface area contributed by atoms with E-state index in [1.54, 1.807) is 12.1 Å². The SMILES string of the molecule is COc1ccc(Nc2nc(NC3CCCCCC3)nc(N(C)C3CCNCC3)n2)cc1F.[HH]. The molecule has 9 heteroatoms. The van der Waals surface area contributed by atoms with Crippen molar-refractivity contribution in [1.29, 1.82) is 0 Å². The van der Waals surface area contributed by atoms with E-state index >= 15 is 0 Å². The molecule has 0 bridgehead atoms. The molecule has 2 aliphatic rings. The Balaban J connectivity index is 0.00000306. The smallest absolute Gasteiger partial charge is 0.233 e. The molecular formula is C23H36FN7O. The number of methoxy groups -OCH3 is 1. The monoisotopic (exact) mass is 445 g/mol. The van der Waals surface area contributed by atoms with E-state index in [-0.39, 0.29) is 7.18 Å². The third-order valence-corrected chi connectivity index (χ3v) is 6.39. The number of anilines is 4. The van der Waals surface area contributed by atoms with Gasteiger partial charge in [0.1, 0.15) is 0 Å². The first-order chi connectivity index (χ1) is 15.6. The molecule has 2 fully saturated rings. The number of aromatic nitrogens is 3. The number of rotatable bonds is 7. The summed E-state index contributed by atoms with van der Waals surface area (Å²) in [7, 11) is 3.49. The Hall–Kier alpha value is -2.68. The van der Waals surface area contributed by atoms with Crippen molar-refractivity contribution < 1.29 is 10.6 Å². The lowest BCUT2D eigenvalue weighted by Crippen LogP contribution is -2.42. The maximum Gasteiger partial charge on any atom is 0.233 e. The van der Waals surface area contributed by atoms with Gasteiger partial charge in [0, 0.05) is 32.3 Å². The van der Waals surface area contributed by atoms with Crippen LogP contribution in [0.3, 0.4) is 0 Å². The van der Waals surface area contributed by atoms with E-state index < -0.39 is 5.82 Å². The largest absolute Gasteiger partial charge is 0.494 e. The topological polar surface area (TPSA) is 87.2 Å². The quantitative estimate of drug-likeness (QED) is 0.543. The van der Waals surface area contributed by atoms with Gasteiger partial charge < -0.3 is 25.6 Å². The fraction of sp³-hybridized carbons (Fsp3) is 0.609. The number of nitrogens with zero attached hydrogens (tertiary/aromatic N) is 4. The Kier molecular flexibility index (Phi) is 7.57. The summed E-state index contributed by atoms with van der Waals surface area (Å²) in [4.78, 5) is 16.2. The van der Waals surface area contributed by atoms with E-state index in [1.165, 1.54) is 38.9 Å². The molecule has 176 valence electrons. The second-order valence-electron chi connectivity index (χ2n) is 8.68. The van der Waals surface area contributed by atoms with Gasteiger partial charge in [-0.2, -0.15) is 15.0 Å². The van der Waals surface area contributed by atoms with Crippen LogP contribution in [0.2, 0.25) is 0 Å². The van der Waals surface area contributed by atoms with Crippen LogP contribution in [0.4, 0.5) is 27.9 Å². The minimum Gasteiger partial charge on any atom is -0.494 e. The van der Waals surface area contributed by atoms with Gasteiger partial charge in [0.2, 0.25) is 17.8 Å². The highest BCUT2D eigenvalue weighted by atomic mass is 19.1. The standard InChI is InChI=1S/C23H34FN7O.H2/c1-31(18-11-13-25-14-12-18)23-29-21(26-16-7-5-3-4-6-8-16)28-22(30-23)27-17-9-10-20(32-2)19(24)15-17;/h9-10,15-16,18,25H,3-8,11-14H2,1-2H3,(H2,26,27,28,29,30);1H. The van der Waals surface area contributed by atoms with Crippen molar-refractivity contribution in [2.45, 2.75) is 63.5 Å². The van der Waals surface area contributed by atoms with Gasteiger partial charge in [-0.25, -0.2) is 4.39 Å². The molecule has 4 rings (SSSR count). The lowest BCUT2D eigenvalue weighted by atomic mass is 10.1. The molecule has 0 amide bonds. The van der Waals surface area contributed by atoms with Gasteiger partial charge in [-0.3, -0.25) is 0 Å². The first-order valence-electron chi connectivity index (χ1n) is 11.7. The fourth-order valence-corrected chi connectivity index (χ4v) is 4.48. The average Bonchev–Trinajstić information content (AvgIpc) is 3.08. The Morgan fingerprint density at radius 2 is 1.75 bits per heavy atom. The normalized spacial score (nSPS) is 18.1. The second kappa shape index (κ2) is 10.8. The van der Waals surface area contributed by atoms with Gasteiger partial charge >= 0.3 is 0 Å². The van der Waals surface area contributed by atoms with E-state index in [4.69, 9.17) is 9.72 Å². The molecule has 1 aromatic carbocycles.